The molecule has 1 aromatic rings. The van der Waals surface area contributed by atoms with Crippen LogP contribution in [0.3, 0.4) is 0 Å². The third-order valence-corrected chi connectivity index (χ3v) is 3.51. The van der Waals surface area contributed by atoms with Crippen molar-refractivity contribution in [1.29, 1.82) is 0 Å². The highest BCUT2D eigenvalue weighted by Crippen LogP contribution is 2.12. The molecule has 1 N–H and O–H groups in total. The maximum atomic E-state index is 11.5. The van der Waals surface area contributed by atoms with Gasteiger partial charge < -0.3 is 5.32 Å². The first-order chi connectivity index (χ1) is 10.2. The molecular formula is C14H21N5O2. The highest BCUT2D eigenvalue weighted by molar-refractivity contribution is 6.01. The van der Waals surface area contributed by atoms with Gasteiger partial charge in [0.1, 0.15) is 0 Å². The third kappa shape index (κ3) is 3.74. The van der Waals surface area contributed by atoms with Crippen molar-refractivity contribution in [2.45, 2.75) is 46.0 Å². The minimum absolute atomic E-state index is 0.0708. The molecule has 0 bridgehead atoms. The Labute approximate surface area is 124 Å². The largest absolute Gasteiger partial charge is 0.353 e. The van der Waals surface area contributed by atoms with Crippen LogP contribution in [-0.4, -0.2) is 45.0 Å². The molecule has 0 unspecified atom stereocenters. The van der Waals surface area contributed by atoms with Gasteiger partial charge in [0.15, 0.2) is 0 Å². The van der Waals surface area contributed by atoms with E-state index in [1.54, 1.807) is 0 Å². The average molecular weight is 291 g/mol. The van der Waals surface area contributed by atoms with E-state index in [1.807, 2.05) is 13.8 Å². The Kier molecular flexibility index (Phi) is 5.19. The fourth-order valence-corrected chi connectivity index (χ4v) is 2.32. The molecule has 0 spiro atoms. The van der Waals surface area contributed by atoms with Crippen LogP contribution in [0.2, 0.25) is 0 Å². The molecule has 7 heteroatoms. The Morgan fingerprint density at radius 3 is 2.33 bits per heavy atom. The molecule has 21 heavy (non-hydrogen) atoms. The second-order valence-corrected chi connectivity index (χ2v) is 4.96. The minimum atomic E-state index is -0.0708. The molecule has 2 amide bonds. The minimum Gasteiger partial charge on any atom is -0.353 e. The molecule has 1 saturated heterocycles. The van der Waals surface area contributed by atoms with Gasteiger partial charge in [0.25, 0.3) is 0 Å². The molecular weight excluding hydrogens is 270 g/mol. The standard InChI is InChI=1S/C14H21N5O2/c1-3-10-11(4-2)17-18-14(16-10)15-8-5-9-19-12(20)6-7-13(19)21/h3-9H2,1-2H3,(H,15,16,18). The van der Waals surface area contributed by atoms with E-state index in [1.165, 1.54) is 4.90 Å². The van der Waals surface area contributed by atoms with Gasteiger partial charge in [0.05, 0.1) is 11.4 Å². The van der Waals surface area contributed by atoms with Gasteiger partial charge in [0, 0.05) is 25.9 Å². The summed E-state index contributed by atoms with van der Waals surface area (Å²) in [4.78, 5) is 28.7. The van der Waals surface area contributed by atoms with Crippen LogP contribution in [0.25, 0.3) is 0 Å². The number of carbonyl (C=O) groups is 2. The Balaban J connectivity index is 1.81. The van der Waals surface area contributed by atoms with E-state index in [2.05, 4.69) is 20.5 Å². The second-order valence-electron chi connectivity index (χ2n) is 4.96. The van der Waals surface area contributed by atoms with E-state index < -0.39 is 0 Å². The Morgan fingerprint density at radius 1 is 1.05 bits per heavy atom. The number of nitrogens with zero attached hydrogens (tertiary/aromatic N) is 4. The first kappa shape index (κ1) is 15.3. The zero-order valence-corrected chi connectivity index (χ0v) is 12.6. The highest BCUT2D eigenvalue weighted by Gasteiger charge is 2.27. The van der Waals surface area contributed by atoms with Crippen molar-refractivity contribution in [3.8, 4) is 0 Å². The third-order valence-electron chi connectivity index (χ3n) is 3.51. The van der Waals surface area contributed by atoms with Crippen LogP contribution in [0.5, 0.6) is 0 Å². The molecule has 0 saturated carbocycles. The molecule has 0 aliphatic carbocycles. The fraction of sp³-hybridized carbons (Fsp3) is 0.643. The summed E-state index contributed by atoms with van der Waals surface area (Å²) in [5, 5.41) is 11.3. The smallest absolute Gasteiger partial charge is 0.242 e. The van der Waals surface area contributed by atoms with Gasteiger partial charge in [-0.15, -0.1) is 5.10 Å². The molecule has 1 aliphatic heterocycles. The fourth-order valence-electron chi connectivity index (χ4n) is 2.32. The maximum Gasteiger partial charge on any atom is 0.242 e. The number of aromatic nitrogens is 3. The first-order valence-electron chi connectivity index (χ1n) is 7.45. The lowest BCUT2D eigenvalue weighted by Crippen LogP contribution is -2.31. The van der Waals surface area contributed by atoms with E-state index in [0.29, 0.717) is 38.3 Å². The molecule has 0 radical (unpaired) electrons. The van der Waals surface area contributed by atoms with Crippen LogP contribution in [0.1, 0.15) is 44.5 Å². The van der Waals surface area contributed by atoms with E-state index in [9.17, 15) is 9.59 Å². The maximum absolute atomic E-state index is 11.5. The van der Waals surface area contributed by atoms with Crippen molar-refractivity contribution in [3.63, 3.8) is 0 Å². The number of carbonyl (C=O) groups excluding carboxylic acids is 2. The quantitative estimate of drug-likeness (QED) is 0.594. The summed E-state index contributed by atoms with van der Waals surface area (Å²) < 4.78 is 0. The topological polar surface area (TPSA) is 88.1 Å². The summed E-state index contributed by atoms with van der Waals surface area (Å²) in [6.07, 6.45) is 3.01. The van der Waals surface area contributed by atoms with Gasteiger partial charge in [-0.2, -0.15) is 5.10 Å². The molecule has 1 fully saturated rings. The number of likely N-dealkylation sites (tertiary alicyclic amines) is 1. The van der Waals surface area contributed by atoms with E-state index >= 15 is 0 Å². The van der Waals surface area contributed by atoms with Gasteiger partial charge in [-0.05, 0) is 19.3 Å². The van der Waals surface area contributed by atoms with Crippen LogP contribution in [0.4, 0.5) is 5.95 Å². The predicted molar refractivity (Wildman–Crippen MR) is 77.6 cm³/mol. The van der Waals surface area contributed by atoms with Crippen LogP contribution in [0, 0.1) is 0 Å². The number of nitrogens with one attached hydrogen (secondary N) is 1. The van der Waals surface area contributed by atoms with E-state index in [4.69, 9.17) is 0 Å². The summed E-state index contributed by atoms with van der Waals surface area (Å²) in [5.74, 6) is 0.361. The average Bonchev–Trinajstić information content (AvgIpc) is 2.82. The molecule has 7 nitrogen and oxygen atoms in total. The summed E-state index contributed by atoms with van der Waals surface area (Å²) in [6.45, 7) is 5.12. The van der Waals surface area contributed by atoms with Crippen LogP contribution in [-0.2, 0) is 22.4 Å². The summed E-state index contributed by atoms with van der Waals surface area (Å²) in [5.41, 5.74) is 1.89. The Hall–Kier alpha value is -2.05. The molecule has 2 heterocycles. The number of hydrogen-bond acceptors (Lipinski definition) is 6. The van der Waals surface area contributed by atoms with Crippen LogP contribution >= 0.6 is 0 Å². The van der Waals surface area contributed by atoms with E-state index in [0.717, 1.165) is 24.2 Å². The van der Waals surface area contributed by atoms with Crippen LogP contribution < -0.4 is 5.32 Å². The van der Waals surface area contributed by atoms with Crippen molar-refractivity contribution in [1.82, 2.24) is 20.1 Å². The van der Waals surface area contributed by atoms with E-state index in [-0.39, 0.29) is 11.8 Å². The molecule has 0 atom stereocenters. The summed E-state index contributed by atoms with van der Waals surface area (Å²) >= 11 is 0. The van der Waals surface area contributed by atoms with Crippen molar-refractivity contribution in [2.75, 3.05) is 18.4 Å². The summed E-state index contributed by atoms with van der Waals surface area (Å²) in [6, 6.07) is 0. The van der Waals surface area contributed by atoms with Crippen molar-refractivity contribution >= 4 is 17.8 Å². The second kappa shape index (κ2) is 7.10. The number of imide groups is 1. The lowest BCUT2D eigenvalue weighted by Gasteiger charge is -2.13. The van der Waals surface area contributed by atoms with Gasteiger partial charge in [0.2, 0.25) is 17.8 Å². The molecule has 0 aromatic carbocycles. The van der Waals surface area contributed by atoms with Gasteiger partial charge in [-0.1, -0.05) is 13.8 Å². The number of aryl methyl sites for hydroxylation is 2. The lowest BCUT2D eigenvalue weighted by molar-refractivity contribution is -0.138. The number of amides is 2. The van der Waals surface area contributed by atoms with Crippen molar-refractivity contribution < 1.29 is 9.59 Å². The van der Waals surface area contributed by atoms with Gasteiger partial charge in [-0.25, -0.2) is 4.98 Å². The molecule has 1 aliphatic rings. The lowest BCUT2D eigenvalue weighted by atomic mass is 10.2. The Morgan fingerprint density at radius 2 is 1.71 bits per heavy atom. The highest BCUT2D eigenvalue weighted by atomic mass is 16.2. The van der Waals surface area contributed by atoms with Crippen LogP contribution in [0.15, 0.2) is 0 Å². The Bertz CT molecular complexity index is 516. The monoisotopic (exact) mass is 291 g/mol. The first-order valence-corrected chi connectivity index (χ1v) is 7.45. The van der Waals surface area contributed by atoms with Gasteiger partial charge in [-0.3, -0.25) is 14.5 Å². The SMILES string of the molecule is CCc1nnc(NCCCN2C(=O)CCC2=O)nc1CC. The molecule has 1 aromatic heterocycles. The number of hydrogen-bond donors (Lipinski definition) is 1. The zero-order valence-electron chi connectivity index (χ0n) is 12.6. The van der Waals surface area contributed by atoms with Crippen molar-refractivity contribution in [2.24, 2.45) is 0 Å². The van der Waals surface area contributed by atoms with Gasteiger partial charge >= 0.3 is 0 Å². The summed E-state index contributed by atoms with van der Waals surface area (Å²) in [7, 11) is 0. The molecule has 2 rings (SSSR count). The zero-order chi connectivity index (χ0) is 15.2. The number of anilines is 1. The van der Waals surface area contributed by atoms with Crippen molar-refractivity contribution in [3.05, 3.63) is 11.4 Å². The molecule has 114 valence electrons. The number of rotatable bonds is 7. The predicted octanol–water partition coefficient (Wildman–Crippen LogP) is 0.947. The normalized spacial score (nSPS) is 14.9.